The van der Waals surface area contributed by atoms with Crippen molar-refractivity contribution < 1.29 is 0 Å². The Balaban J connectivity index is 1.18. The van der Waals surface area contributed by atoms with Gasteiger partial charge in [-0.25, -0.2) is 15.0 Å². The Morgan fingerprint density at radius 1 is 0.458 bits per heavy atom. The third-order valence-electron chi connectivity index (χ3n) is 11.1. The van der Waals surface area contributed by atoms with E-state index in [1.54, 1.807) is 0 Å². The summed E-state index contributed by atoms with van der Waals surface area (Å²) in [5.41, 5.74) is 9.60. The van der Waals surface area contributed by atoms with Crippen molar-refractivity contribution in [1.82, 2.24) is 15.0 Å². The molecule has 4 fully saturated rings. The molecule has 4 nitrogen and oxygen atoms in total. The Morgan fingerprint density at radius 2 is 0.938 bits per heavy atom. The predicted molar refractivity (Wildman–Crippen MR) is 192 cm³/mol. The first kappa shape index (κ1) is 28.8. The molecule has 232 valence electrons. The maximum atomic E-state index is 9.69. The van der Waals surface area contributed by atoms with Crippen LogP contribution in [-0.4, -0.2) is 15.0 Å². The van der Waals surface area contributed by atoms with Crippen LogP contribution in [0.3, 0.4) is 0 Å². The molecule has 5 aromatic carbocycles. The van der Waals surface area contributed by atoms with E-state index < -0.39 is 0 Å². The fourth-order valence-corrected chi connectivity index (χ4v) is 9.28. The first-order chi connectivity index (χ1) is 23.6. The van der Waals surface area contributed by atoms with E-state index in [9.17, 15) is 5.26 Å². The number of nitrogens with zero attached hydrogens (tertiary/aromatic N) is 4. The number of hydrogen-bond donors (Lipinski definition) is 0. The van der Waals surface area contributed by atoms with Crippen molar-refractivity contribution in [1.29, 1.82) is 5.26 Å². The zero-order valence-electron chi connectivity index (χ0n) is 26.9. The van der Waals surface area contributed by atoms with Crippen LogP contribution < -0.4 is 0 Å². The fourth-order valence-electron chi connectivity index (χ4n) is 9.28. The quantitative estimate of drug-likeness (QED) is 0.186. The maximum absolute atomic E-state index is 9.69. The van der Waals surface area contributed by atoms with Gasteiger partial charge in [-0.1, -0.05) is 97.1 Å². The van der Waals surface area contributed by atoms with Gasteiger partial charge >= 0.3 is 0 Å². The third kappa shape index (κ3) is 5.30. The van der Waals surface area contributed by atoms with Crippen LogP contribution in [0.15, 0.2) is 127 Å². The molecule has 48 heavy (non-hydrogen) atoms. The van der Waals surface area contributed by atoms with Crippen LogP contribution in [0.25, 0.3) is 56.4 Å². The van der Waals surface area contributed by atoms with Crippen molar-refractivity contribution in [2.45, 2.75) is 43.9 Å². The first-order valence-electron chi connectivity index (χ1n) is 17.2. The minimum atomic E-state index is 0.366. The molecule has 0 amide bonds. The van der Waals surface area contributed by atoms with Crippen molar-refractivity contribution in [2.24, 2.45) is 17.8 Å². The second-order valence-corrected chi connectivity index (χ2v) is 14.3. The monoisotopic (exact) mass is 620 g/mol. The summed E-state index contributed by atoms with van der Waals surface area (Å²) in [5.74, 6) is 4.65. The SMILES string of the molecule is N#Cc1cccc(-c2cc(-c3ccc(C45CC6CC(CC(C6)C4)C5)cc3)cc(-c3nc(-c4ccccc4)nc(-c4ccccc4)n3)c2)c1. The Labute approximate surface area is 282 Å². The number of rotatable bonds is 6. The third-order valence-corrected chi connectivity index (χ3v) is 11.1. The van der Waals surface area contributed by atoms with Gasteiger partial charge in [-0.3, -0.25) is 0 Å². The molecule has 1 heterocycles. The van der Waals surface area contributed by atoms with E-state index in [4.69, 9.17) is 15.0 Å². The van der Waals surface area contributed by atoms with Gasteiger partial charge in [-0.2, -0.15) is 5.26 Å². The number of nitriles is 1. The van der Waals surface area contributed by atoms with Gasteiger partial charge in [0.2, 0.25) is 0 Å². The van der Waals surface area contributed by atoms with Crippen LogP contribution in [0.4, 0.5) is 0 Å². The lowest BCUT2D eigenvalue weighted by molar-refractivity contribution is -0.00518. The lowest BCUT2D eigenvalue weighted by Gasteiger charge is -2.57. The molecule has 0 N–H and O–H groups in total. The highest BCUT2D eigenvalue weighted by Gasteiger charge is 2.51. The molecule has 0 saturated heterocycles. The molecular weight excluding hydrogens is 585 g/mol. The molecule has 6 aromatic rings. The molecule has 4 heteroatoms. The minimum absolute atomic E-state index is 0.366. The number of hydrogen-bond acceptors (Lipinski definition) is 4. The maximum Gasteiger partial charge on any atom is 0.164 e. The summed E-state index contributed by atoms with van der Waals surface area (Å²) in [6, 6.07) is 46.4. The second-order valence-electron chi connectivity index (χ2n) is 14.3. The van der Waals surface area contributed by atoms with Crippen LogP contribution in [0.5, 0.6) is 0 Å². The molecule has 0 unspecified atom stereocenters. The van der Waals surface area contributed by atoms with Crippen LogP contribution >= 0.6 is 0 Å². The van der Waals surface area contributed by atoms with Gasteiger partial charge in [0, 0.05) is 16.7 Å². The van der Waals surface area contributed by atoms with Crippen LogP contribution in [0.2, 0.25) is 0 Å². The van der Waals surface area contributed by atoms with Crippen molar-refractivity contribution in [3.63, 3.8) is 0 Å². The molecule has 4 aliphatic rings. The molecule has 0 radical (unpaired) electrons. The molecule has 4 aliphatic carbocycles. The van der Waals surface area contributed by atoms with Gasteiger partial charge in [0.25, 0.3) is 0 Å². The van der Waals surface area contributed by atoms with Gasteiger partial charge in [-0.05, 0) is 120 Å². The first-order valence-corrected chi connectivity index (χ1v) is 17.2. The van der Waals surface area contributed by atoms with Crippen molar-refractivity contribution in [3.05, 3.63) is 139 Å². The van der Waals surface area contributed by atoms with Crippen molar-refractivity contribution in [2.75, 3.05) is 0 Å². The highest BCUT2D eigenvalue weighted by molar-refractivity contribution is 5.81. The highest BCUT2D eigenvalue weighted by atomic mass is 15.0. The van der Waals surface area contributed by atoms with Crippen LogP contribution in [-0.2, 0) is 5.41 Å². The molecular formula is C44H36N4. The van der Waals surface area contributed by atoms with Gasteiger partial charge in [-0.15, -0.1) is 0 Å². The van der Waals surface area contributed by atoms with Gasteiger partial charge < -0.3 is 0 Å². The van der Waals surface area contributed by atoms with E-state index in [1.807, 2.05) is 78.9 Å². The average molecular weight is 621 g/mol. The van der Waals surface area contributed by atoms with Gasteiger partial charge in [0.1, 0.15) is 0 Å². The van der Waals surface area contributed by atoms with E-state index >= 15 is 0 Å². The smallest absolute Gasteiger partial charge is 0.164 e. The van der Waals surface area contributed by atoms with Gasteiger partial charge in [0.05, 0.1) is 11.6 Å². The zero-order chi connectivity index (χ0) is 32.1. The van der Waals surface area contributed by atoms with E-state index in [-0.39, 0.29) is 0 Å². The molecule has 0 spiro atoms. The van der Waals surface area contributed by atoms with E-state index in [1.165, 1.54) is 49.7 Å². The molecule has 1 aromatic heterocycles. The molecule has 10 rings (SSSR count). The van der Waals surface area contributed by atoms with E-state index in [0.717, 1.165) is 51.1 Å². The molecule has 4 bridgehead atoms. The zero-order valence-corrected chi connectivity index (χ0v) is 26.9. The topological polar surface area (TPSA) is 62.5 Å². The number of aromatic nitrogens is 3. The van der Waals surface area contributed by atoms with Crippen LogP contribution in [0.1, 0.15) is 49.7 Å². The standard InChI is InChI=1S/C44H36N4/c45-28-29-8-7-13-36(21-29)38-22-37(33-14-16-40(17-15-33)44-25-30-18-31(26-44)20-32(19-30)27-44)23-39(24-38)43-47-41(34-9-3-1-4-10-34)46-42(48-43)35-11-5-2-6-12-35/h1-17,21-24,30-32H,18-20,25-27H2. The molecule has 4 saturated carbocycles. The normalized spacial score (nSPS) is 22.4. The summed E-state index contributed by atoms with van der Waals surface area (Å²) in [4.78, 5) is 15.0. The van der Waals surface area contributed by atoms with E-state index in [0.29, 0.717) is 28.5 Å². The number of benzene rings is 5. The van der Waals surface area contributed by atoms with E-state index in [2.05, 4.69) is 54.6 Å². The summed E-state index contributed by atoms with van der Waals surface area (Å²) in [6.07, 6.45) is 8.44. The predicted octanol–water partition coefficient (Wildman–Crippen LogP) is 10.5. The summed E-state index contributed by atoms with van der Waals surface area (Å²) in [5, 5.41) is 9.69. The van der Waals surface area contributed by atoms with Crippen LogP contribution in [0, 0.1) is 29.1 Å². The summed E-state index contributed by atoms with van der Waals surface area (Å²) in [6.45, 7) is 0. The lowest BCUT2D eigenvalue weighted by atomic mass is 9.48. The Bertz CT molecular complexity index is 2070. The Hall–Kier alpha value is -5.40. The highest BCUT2D eigenvalue weighted by Crippen LogP contribution is 2.60. The average Bonchev–Trinajstić information content (AvgIpc) is 3.15. The summed E-state index contributed by atoms with van der Waals surface area (Å²) < 4.78 is 0. The molecule has 0 atom stereocenters. The summed E-state index contributed by atoms with van der Waals surface area (Å²) in [7, 11) is 0. The fraction of sp³-hybridized carbons (Fsp3) is 0.227. The Kier molecular flexibility index (Phi) is 7.01. The lowest BCUT2D eigenvalue weighted by Crippen LogP contribution is -2.48. The van der Waals surface area contributed by atoms with Crippen molar-refractivity contribution in [3.8, 4) is 62.5 Å². The Morgan fingerprint density at radius 3 is 1.48 bits per heavy atom. The minimum Gasteiger partial charge on any atom is -0.208 e. The largest absolute Gasteiger partial charge is 0.208 e. The van der Waals surface area contributed by atoms with Crippen molar-refractivity contribution >= 4 is 0 Å². The molecule has 0 aliphatic heterocycles. The van der Waals surface area contributed by atoms with Gasteiger partial charge in [0.15, 0.2) is 17.5 Å². The summed E-state index contributed by atoms with van der Waals surface area (Å²) >= 11 is 0. The second kappa shape index (κ2) is 11.7.